The minimum Gasteiger partial charge on any atom is -0.492 e. The van der Waals surface area contributed by atoms with E-state index in [1.165, 1.54) is 11.9 Å². The Morgan fingerprint density at radius 2 is 2.23 bits per heavy atom. The molecular weight excluding hydrogens is 342 g/mol. The lowest BCUT2D eigenvalue weighted by atomic mass is 10.1. The molecule has 8 heteroatoms. The van der Waals surface area contributed by atoms with Gasteiger partial charge in [-0.25, -0.2) is 8.78 Å². The SMILES string of the molecule is CN1CC(F)(F)C[C@H]1C(=O)NCCOc1c[c]cc(-c2cnn(C)c2)c1. The smallest absolute Gasteiger partial charge is 0.262 e. The van der Waals surface area contributed by atoms with Crippen LogP contribution in [0.25, 0.3) is 11.1 Å². The third kappa shape index (κ3) is 4.37. The number of carbonyl (C=O) groups is 1. The van der Waals surface area contributed by atoms with Crippen LogP contribution in [0.15, 0.2) is 30.6 Å². The van der Waals surface area contributed by atoms with Gasteiger partial charge in [-0.2, -0.15) is 5.10 Å². The topological polar surface area (TPSA) is 59.4 Å². The number of likely N-dealkylation sites (N-methyl/N-ethyl adjacent to an activating group) is 1. The third-order valence-corrected chi connectivity index (χ3v) is 4.28. The van der Waals surface area contributed by atoms with Crippen molar-refractivity contribution in [2.75, 3.05) is 26.7 Å². The number of likely N-dealkylation sites (tertiary alicyclic amines) is 1. The van der Waals surface area contributed by atoms with Crippen molar-refractivity contribution in [3.63, 3.8) is 0 Å². The molecule has 1 radical (unpaired) electrons. The number of alkyl halides is 2. The molecule has 2 heterocycles. The van der Waals surface area contributed by atoms with Crippen molar-refractivity contribution in [3.8, 4) is 16.9 Å². The molecule has 2 aromatic rings. The second-order valence-corrected chi connectivity index (χ2v) is 6.49. The molecule has 0 aliphatic carbocycles. The highest BCUT2D eigenvalue weighted by molar-refractivity contribution is 5.82. The zero-order valence-corrected chi connectivity index (χ0v) is 14.7. The largest absolute Gasteiger partial charge is 0.492 e. The Bertz CT molecular complexity index is 778. The fourth-order valence-electron chi connectivity index (χ4n) is 3.00. The lowest BCUT2D eigenvalue weighted by Gasteiger charge is -2.17. The van der Waals surface area contributed by atoms with Gasteiger partial charge in [-0.3, -0.25) is 14.4 Å². The van der Waals surface area contributed by atoms with E-state index in [2.05, 4.69) is 16.5 Å². The molecule has 3 rings (SSSR count). The fraction of sp³-hybridized carbons (Fsp3) is 0.444. The second-order valence-electron chi connectivity index (χ2n) is 6.49. The Morgan fingerprint density at radius 3 is 2.88 bits per heavy atom. The third-order valence-electron chi connectivity index (χ3n) is 4.28. The van der Waals surface area contributed by atoms with Gasteiger partial charge in [0.2, 0.25) is 5.91 Å². The van der Waals surface area contributed by atoms with Crippen LogP contribution in [0.2, 0.25) is 0 Å². The average Bonchev–Trinajstić information content (AvgIpc) is 3.14. The van der Waals surface area contributed by atoms with E-state index in [4.69, 9.17) is 4.74 Å². The molecule has 1 amide bonds. The molecule has 0 saturated carbocycles. The summed E-state index contributed by atoms with van der Waals surface area (Å²) in [7, 11) is 3.37. The molecule has 26 heavy (non-hydrogen) atoms. The maximum Gasteiger partial charge on any atom is 0.262 e. The summed E-state index contributed by atoms with van der Waals surface area (Å²) in [5.74, 6) is -2.59. The predicted octanol–water partition coefficient (Wildman–Crippen LogP) is 1.72. The molecule has 1 fully saturated rings. The van der Waals surface area contributed by atoms with Crippen LogP contribution in [-0.4, -0.2) is 59.3 Å². The molecule has 1 aromatic carbocycles. The molecule has 6 nitrogen and oxygen atoms in total. The quantitative estimate of drug-likeness (QED) is 0.794. The molecule has 1 aliphatic rings. The zero-order chi connectivity index (χ0) is 18.7. The number of amides is 1. The van der Waals surface area contributed by atoms with Crippen molar-refractivity contribution in [2.24, 2.45) is 7.05 Å². The lowest BCUT2D eigenvalue weighted by Crippen LogP contribution is -2.42. The number of nitrogens with one attached hydrogen (secondary N) is 1. The Hall–Kier alpha value is -2.48. The summed E-state index contributed by atoms with van der Waals surface area (Å²) in [6.45, 7) is 0.0906. The molecule has 1 aliphatic heterocycles. The number of carbonyl (C=O) groups excluding carboxylic acids is 1. The van der Waals surface area contributed by atoms with Crippen molar-refractivity contribution >= 4 is 5.91 Å². The number of ether oxygens (including phenoxy) is 1. The van der Waals surface area contributed by atoms with Gasteiger partial charge < -0.3 is 10.1 Å². The van der Waals surface area contributed by atoms with Crippen LogP contribution < -0.4 is 10.1 Å². The Balaban J connectivity index is 1.47. The summed E-state index contributed by atoms with van der Waals surface area (Å²) in [4.78, 5) is 13.4. The first-order chi connectivity index (χ1) is 12.3. The summed E-state index contributed by atoms with van der Waals surface area (Å²) in [5, 5.41) is 6.78. The lowest BCUT2D eigenvalue weighted by molar-refractivity contribution is -0.125. The molecule has 139 valence electrons. The standard InChI is InChI=1S/C18H21F2N4O2/c1-23-12-18(19,20)9-16(23)17(25)21-6-7-26-15-5-3-4-13(8-15)14-10-22-24(2)11-14/h4-5,8,10-11,16H,6-7,9,12H2,1-2H3,(H,21,25)/t16-/m0/s1. The van der Waals surface area contributed by atoms with Gasteiger partial charge in [0.25, 0.3) is 5.92 Å². The molecule has 1 aromatic heterocycles. The van der Waals surface area contributed by atoms with Crippen molar-refractivity contribution in [1.82, 2.24) is 20.0 Å². The monoisotopic (exact) mass is 363 g/mol. The maximum absolute atomic E-state index is 13.3. The molecule has 1 saturated heterocycles. The van der Waals surface area contributed by atoms with Gasteiger partial charge in [0, 0.05) is 25.2 Å². The van der Waals surface area contributed by atoms with E-state index in [9.17, 15) is 13.6 Å². The minimum absolute atomic E-state index is 0.239. The van der Waals surface area contributed by atoms with Gasteiger partial charge >= 0.3 is 0 Å². The van der Waals surface area contributed by atoms with E-state index < -0.39 is 30.8 Å². The number of halogens is 2. The van der Waals surface area contributed by atoms with Crippen molar-refractivity contribution in [2.45, 2.75) is 18.4 Å². The van der Waals surface area contributed by atoms with Crippen LogP contribution >= 0.6 is 0 Å². The highest BCUT2D eigenvalue weighted by Crippen LogP contribution is 2.30. The molecule has 0 bridgehead atoms. The van der Waals surface area contributed by atoms with Crippen LogP contribution in [-0.2, 0) is 11.8 Å². The van der Waals surface area contributed by atoms with Crippen molar-refractivity contribution in [1.29, 1.82) is 0 Å². The van der Waals surface area contributed by atoms with Crippen LogP contribution in [0.3, 0.4) is 0 Å². The first kappa shape index (κ1) is 18.3. The molecule has 0 unspecified atom stereocenters. The van der Waals surface area contributed by atoms with E-state index in [-0.39, 0.29) is 13.2 Å². The molecular formula is C18H21F2N4O2. The van der Waals surface area contributed by atoms with E-state index in [1.807, 2.05) is 25.4 Å². The van der Waals surface area contributed by atoms with Crippen LogP contribution in [0.5, 0.6) is 5.75 Å². The van der Waals surface area contributed by atoms with Gasteiger partial charge in [-0.15, -0.1) is 0 Å². The van der Waals surface area contributed by atoms with E-state index in [0.29, 0.717) is 5.75 Å². The first-order valence-corrected chi connectivity index (χ1v) is 8.33. The minimum atomic E-state index is -2.81. The second kappa shape index (κ2) is 7.41. The summed E-state index contributed by atoms with van der Waals surface area (Å²) < 4.78 is 34.0. The summed E-state index contributed by atoms with van der Waals surface area (Å²) >= 11 is 0. The van der Waals surface area contributed by atoms with E-state index >= 15 is 0 Å². The number of aromatic nitrogens is 2. The van der Waals surface area contributed by atoms with E-state index in [1.54, 1.807) is 16.9 Å². The molecule has 1 atom stereocenters. The number of hydrogen-bond acceptors (Lipinski definition) is 4. The molecule has 0 spiro atoms. The number of aryl methyl sites for hydroxylation is 1. The van der Waals surface area contributed by atoms with Gasteiger partial charge in [0.05, 0.1) is 25.3 Å². The van der Waals surface area contributed by atoms with Gasteiger partial charge in [0.15, 0.2) is 0 Å². The van der Waals surface area contributed by atoms with Crippen LogP contribution in [0, 0.1) is 6.07 Å². The first-order valence-electron chi connectivity index (χ1n) is 8.33. The number of hydrogen-bond donors (Lipinski definition) is 1. The average molecular weight is 363 g/mol. The van der Waals surface area contributed by atoms with Crippen LogP contribution in [0.1, 0.15) is 6.42 Å². The van der Waals surface area contributed by atoms with Gasteiger partial charge in [0.1, 0.15) is 12.4 Å². The predicted molar refractivity (Wildman–Crippen MR) is 92.0 cm³/mol. The normalized spacial score (nSPS) is 19.5. The summed E-state index contributed by atoms with van der Waals surface area (Å²) in [6.07, 6.45) is 3.19. The summed E-state index contributed by atoms with van der Waals surface area (Å²) in [6, 6.07) is 7.61. The van der Waals surface area contributed by atoms with Crippen molar-refractivity contribution in [3.05, 3.63) is 36.7 Å². The van der Waals surface area contributed by atoms with E-state index in [0.717, 1.165) is 11.1 Å². The van der Waals surface area contributed by atoms with Crippen molar-refractivity contribution < 1.29 is 18.3 Å². The Kier molecular flexibility index (Phi) is 5.22. The maximum atomic E-state index is 13.3. The highest BCUT2D eigenvalue weighted by atomic mass is 19.3. The number of rotatable bonds is 6. The number of nitrogens with zero attached hydrogens (tertiary/aromatic N) is 3. The Morgan fingerprint density at radius 1 is 1.42 bits per heavy atom. The van der Waals surface area contributed by atoms with Crippen LogP contribution in [0.4, 0.5) is 8.78 Å². The fourth-order valence-corrected chi connectivity index (χ4v) is 3.00. The zero-order valence-electron chi connectivity index (χ0n) is 14.7. The highest BCUT2D eigenvalue weighted by Gasteiger charge is 2.46. The number of benzene rings is 1. The molecule has 1 N–H and O–H groups in total. The summed E-state index contributed by atoms with van der Waals surface area (Å²) in [5.41, 5.74) is 1.88. The van der Waals surface area contributed by atoms with Gasteiger partial charge in [-0.05, 0) is 36.9 Å². The Labute approximate surface area is 150 Å². The van der Waals surface area contributed by atoms with Gasteiger partial charge in [-0.1, -0.05) is 0 Å².